The first-order chi connectivity index (χ1) is 13.1. The lowest BCUT2D eigenvalue weighted by atomic mass is 9.95. The number of thiophene rings is 1. The molecule has 3 aromatic heterocycles. The molecule has 0 fully saturated rings. The molecule has 0 atom stereocenters. The number of ether oxygens (including phenoxy) is 1. The summed E-state index contributed by atoms with van der Waals surface area (Å²) in [6.45, 7) is 4.01. The van der Waals surface area contributed by atoms with Crippen LogP contribution in [0.2, 0.25) is 0 Å². The number of hydrogen-bond acceptors (Lipinski definition) is 5. The molecule has 27 heavy (non-hydrogen) atoms. The van der Waals surface area contributed by atoms with Crippen molar-refractivity contribution in [3.63, 3.8) is 0 Å². The Morgan fingerprint density at radius 3 is 2.96 bits per heavy atom. The van der Waals surface area contributed by atoms with E-state index < -0.39 is 0 Å². The fourth-order valence-corrected chi connectivity index (χ4v) is 4.77. The summed E-state index contributed by atoms with van der Waals surface area (Å²) in [5, 5.41) is 3.52. The summed E-state index contributed by atoms with van der Waals surface area (Å²) in [6.07, 6.45) is 7.69. The van der Waals surface area contributed by atoms with Crippen LogP contribution in [-0.4, -0.2) is 27.9 Å². The number of pyridine rings is 1. The van der Waals surface area contributed by atoms with Crippen LogP contribution >= 0.6 is 11.3 Å². The van der Waals surface area contributed by atoms with Crippen LogP contribution in [0.5, 0.6) is 0 Å². The Kier molecular flexibility index (Phi) is 4.70. The molecule has 0 unspecified atom stereocenters. The number of aromatic nitrogens is 2. The van der Waals surface area contributed by atoms with Crippen molar-refractivity contribution in [2.24, 2.45) is 0 Å². The average Bonchev–Trinajstić information content (AvgIpc) is 3.19. The maximum atomic E-state index is 12.8. The highest BCUT2D eigenvalue weighted by molar-refractivity contribution is 7.17. The van der Waals surface area contributed by atoms with Gasteiger partial charge in [0.25, 0.3) is 5.91 Å². The van der Waals surface area contributed by atoms with Crippen LogP contribution in [0.4, 0.5) is 5.00 Å². The van der Waals surface area contributed by atoms with E-state index in [0.29, 0.717) is 22.7 Å². The minimum Gasteiger partial charge on any atom is -0.462 e. The predicted molar refractivity (Wildman–Crippen MR) is 105 cm³/mol. The molecule has 6 nitrogen and oxygen atoms in total. The van der Waals surface area contributed by atoms with E-state index in [1.165, 1.54) is 16.2 Å². The quantitative estimate of drug-likeness (QED) is 0.691. The third-order valence-electron chi connectivity index (χ3n) is 4.72. The van der Waals surface area contributed by atoms with E-state index in [4.69, 9.17) is 4.74 Å². The topological polar surface area (TPSA) is 72.7 Å². The SMILES string of the molecule is CCOC(=O)c1c(NC(=O)c2ccn3cc(C)nc3c2)sc2c1CCCC2. The second-order valence-electron chi connectivity index (χ2n) is 6.65. The molecule has 3 aromatic rings. The van der Waals surface area contributed by atoms with Crippen molar-refractivity contribution in [3.8, 4) is 0 Å². The van der Waals surface area contributed by atoms with Gasteiger partial charge in [0.1, 0.15) is 10.6 Å². The Morgan fingerprint density at radius 2 is 2.15 bits per heavy atom. The molecule has 0 saturated heterocycles. The summed E-state index contributed by atoms with van der Waals surface area (Å²) in [7, 11) is 0. The summed E-state index contributed by atoms with van der Waals surface area (Å²) in [4.78, 5) is 30.9. The molecule has 7 heteroatoms. The predicted octanol–water partition coefficient (Wildman–Crippen LogP) is 4.01. The van der Waals surface area contributed by atoms with Crippen molar-refractivity contribution in [2.45, 2.75) is 39.5 Å². The summed E-state index contributed by atoms with van der Waals surface area (Å²) in [6, 6.07) is 3.50. The number of aryl methyl sites for hydroxylation is 2. The molecular formula is C20H21N3O3S. The number of carbonyl (C=O) groups is 2. The van der Waals surface area contributed by atoms with E-state index in [-0.39, 0.29) is 11.9 Å². The van der Waals surface area contributed by atoms with Crippen molar-refractivity contribution in [1.82, 2.24) is 9.38 Å². The molecule has 1 N–H and O–H groups in total. The van der Waals surface area contributed by atoms with E-state index in [2.05, 4.69) is 10.3 Å². The largest absolute Gasteiger partial charge is 0.462 e. The first kappa shape index (κ1) is 17.7. The number of anilines is 1. The lowest BCUT2D eigenvalue weighted by molar-refractivity contribution is 0.0526. The smallest absolute Gasteiger partial charge is 0.341 e. The van der Waals surface area contributed by atoms with Crippen LogP contribution < -0.4 is 5.32 Å². The first-order valence-electron chi connectivity index (χ1n) is 9.15. The highest BCUT2D eigenvalue weighted by atomic mass is 32.1. The van der Waals surface area contributed by atoms with Crippen molar-refractivity contribution in [1.29, 1.82) is 0 Å². The van der Waals surface area contributed by atoms with Gasteiger partial charge in [-0.3, -0.25) is 4.79 Å². The third-order valence-corrected chi connectivity index (χ3v) is 5.93. The molecule has 0 radical (unpaired) electrons. The number of hydrogen-bond donors (Lipinski definition) is 1. The lowest BCUT2D eigenvalue weighted by Crippen LogP contribution is -2.16. The number of imidazole rings is 1. The average molecular weight is 383 g/mol. The summed E-state index contributed by atoms with van der Waals surface area (Å²) in [5.74, 6) is -0.603. The Hall–Kier alpha value is -2.67. The molecule has 3 heterocycles. The van der Waals surface area contributed by atoms with Gasteiger partial charge >= 0.3 is 5.97 Å². The summed E-state index contributed by atoms with van der Waals surface area (Å²) in [5.41, 5.74) is 3.69. The number of amides is 1. The van der Waals surface area contributed by atoms with Gasteiger partial charge in [0.05, 0.1) is 17.9 Å². The first-order valence-corrected chi connectivity index (χ1v) is 9.97. The molecule has 0 bridgehead atoms. The molecule has 140 valence electrons. The Morgan fingerprint density at radius 1 is 1.33 bits per heavy atom. The van der Waals surface area contributed by atoms with Crippen LogP contribution in [0, 0.1) is 6.92 Å². The maximum absolute atomic E-state index is 12.8. The van der Waals surface area contributed by atoms with Crippen LogP contribution in [0.1, 0.15) is 56.6 Å². The minimum atomic E-state index is -0.355. The van der Waals surface area contributed by atoms with Crippen molar-refractivity contribution in [3.05, 3.63) is 51.8 Å². The molecule has 0 spiro atoms. The fraction of sp³-hybridized carbons (Fsp3) is 0.350. The van der Waals surface area contributed by atoms with Crippen LogP contribution in [0.3, 0.4) is 0 Å². The van der Waals surface area contributed by atoms with Gasteiger partial charge < -0.3 is 14.5 Å². The van der Waals surface area contributed by atoms with Crippen molar-refractivity contribution >= 4 is 33.9 Å². The normalized spacial score (nSPS) is 13.4. The van der Waals surface area contributed by atoms with Crippen molar-refractivity contribution < 1.29 is 14.3 Å². The van der Waals surface area contributed by atoms with Gasteiger partial charge in [0.15, 0.2) is 0 Å². The number of nitrogens with one attached hydrogen (secondary N) is 1. The molecule has 0 aromatic carbocycles. The van der Waals surface area contributed by atoms with E-state index in [1.54, 1.807) is 19.1 Å². The Balaban J connectivity index is 1.67. The number of nitrogens with zero attached hydrogens (tertiary/aromatic N) is 2. The van der Waals surface area contributed by atoms with Gasteiger partial charge in [0.2, 0.25) is 0 Å². The van der Waals surface area contributed by atoms with Gasteiger partial charge in [-0.25, -0.2) is 9.78 Å². The highest BCUT2D eigenvalue weighted by Gasteiger charge is 2.27. The van der Waals surface area contributed by atoms with E-state index >= 15 is 0 Å². The summed E-state index contributed by atoms with van der Waals surface area (Å²) < 4.78 is 7.12. The van der Waals surface area contributed by atoms with Crippen LogP contribution in [0.25, 0.3) is 5.65 Å². The molecule has 1 aliphatic carbocycles. The zero-order valence-corrected chi connectivity index (χ0v) is 16.2. The highest BCUT2D eigenvalue weighted by Crippen LogP contribution is 2.38. The van der Waals surface area contributed by atoms with Gasteiger partial charge in [-0.1, -0.05) is 0 Å². The van der Waals surface area contributed by atoms with E-state index in [1.807, 2.05) is 23.7 Å². The van der Waals surface area contributed by atoms with Gasteiger partial charge in [-0.05, 0) is 57.2 Å². The second-order valence-corrected chi connectivity index (χ2v) is 7.76. The Labute approximate surface area is 161 Å². The molecule has 1 aliphatic rings. The molecular weight excluding hydrogens is 362 g/mol. The monoisotopic (exact) mass is 383 g/mol. The number of carbonyl (C=O) groups excluding carboxylic acids is 2. The number of esters is 1. The summed E-state index contributed by atoms with van der Waals surface area (Å²) >= 11 is 1.49. The van der Waals surface area contributed by atoms with Gasteiger partial charge in [-0.15, -0.1) is 11.3 Å². The zero-order chi connectivity index (χ0) is 19.0. The number of fused-ring (bicyclic) bond motifs is 2. The van der Waals surface area contributed by atoms with E-state index in [0.717, 1.165) is 42.6 Å². The second kappa shape index (κ2) is 7.15. The van der Waals surface area contributed by atoms with Crippen molar-refractivity contribution in [2.75, 3.05) is 11.9 Å². The number of rotatable bonds is 4. The third kappa shape index (κ3) is 3.35. The van der Waals surface area contributed by atoms with Gasteiger partial charge in [-0.2, -0.15) is 0 Å². The van der Waals surface area contributed by atoms with Crippen LogP contribution in [0.15, 0.2) is 24.5 Å². The lowest BCUT2D eigenvalue weighted by Gasteiger charge is -2.12. The maximum Gasteiger partial charge on any atom is 0.341 e. The standard InChI is InChI=1S/C20H21N3O3S/c1-3-26-20(25)17-14-6-4-5-7-15(14)27-19(17)22-18(24)13-8-9-23-11-12(2)21-16(23)10-13/h8-11H,3-7H2,1-2H3,(H,22,24). The zero-order valence-electron chi connectivity index (χ0n) is 15.4. The van der Waals surface area contributed by atoms with E-state index in [9.17, 15) is 9.59 Å². The molecule has 4 rings (SSSR count). The van der Waals surface area contributed by atoms with Gasteiger partial charge in [0, 0.05) is 22.8 Å². The molecule has 0 saturated carbocycles. The molecule has 1 amide bonds. The Bertz CT molecular complexity index is 1030. The molecule has 0 aliphatic heterocycles. The minimum absolute atomic E-state index is 0.248. The van der Waals surface area contributed by atoms with Crippen LogP contribution in [-0.2, 0) is 17.6 Å². The fourth-order valence-electron chi connectivity index (χ4n) is 3.50.